The smallest absolute Gasteiger partial charge is 0.133 e. The number of aromatic nitrogens is 1. The molecule has 0 aliphatic heterocycles. The highest BCUT2D eigenvalue weighted by Gasteiger charge is 2.13. The summed E-state index contributed by atoms with van der Waals surface area (Å²) in [5.74, 6) is -1.19. The third-order valence-electron chi connectivity index (χ3n) is 2.36. The molecule has 0 amide bonds. The molecular weight excluding hydrogens is 210 g/mol. The Bertz CT molecular complexity index is 492. The molecule has 0 spiro atoms. The fourth-order valence-corrected chi connectivity index (χ4v) is 1.59. The third-order valence-corrected chi connectivity index (χ3v) is 2.36. The van der Waals surface area contributed by atoms with E-state index in [1.807, 2.05) is 0 Å². The fraction of sp³-hybridized carbons (Fsp3) is 0.0833. The van der Waals surface area contributed by atoms with Crippen molar-refractivity contribution in [2.24, 2.45) is 5.73 Å². The Morgan fingerprint density at radius 1 is 1.12 bits per heavy atom. The van der Waals surface area contributed by atoms with E-state index in [-0.39, 0.29) is 12.1 Å². The number of nitrogens with two attached hydrogens (primary N) is 1. The molecule has 1 heterocycles. The lowest BCUT2D eigenvalue weighted by molar-refractivity contribution is 0.589. The van der Waals surface area contributed by atoms with Crippen LogP contribution in [0.2, 0.25) is 0 Å². The van der Waals surface area contributed by atoms with Crippen LogP contribution < -0.4 is 5.73 Å². The maximum atomic E-state index is 13.6. The molecule has 1 aromatic carbocycles. The van der Waals surface area contributed by atoms with Gasteiger partial charge in [-0.3, -0.25) is 4.98 Å². The number of halogens is 2. The molecule has 0 saturated carbocycles. The van der Waals surface area contributed by atoms with E-state index in [1.54, 1.807) is 6.07 Å². The second-order valence-corrected chi connectivity index (χ2v) is 3.33. The minimum absolute atomic E-state index is 0.0506. The molecule has 16 heavy (non-hydrogen) atoms. The summed E-state index contributed by atoms with van der Waals surface area (Å²) in [7, 11) is 0. The average molecular weight is 220 g/mol. The quantitative estimate of drug-likeness (QED) is 0.844. The SMILES string of the molecule is NCc1cnccc1-c1c(F)cccc1F. The van der Waals surface area contributed by atoms with Crippen molar-refractivity contribution in [3.05, 3.63) is 53.9 Å². The lowest BCUT2D eigenvalue weighted by atomic mass is 10.0. The minimum atomic E-state index is -0.596. The number of pyridine rings is 1. The lowest BCUT2D eigenvalue weighted by Crippen LogP contribution is -2.01. The van der Waals surface area contributed by atoms with E-state index in [4.69, 9.17) is 5.73 Å². The average Bonchev–Trinajstić information content (AvgIpc) is 2.29. The van der Waals surface area contributed by atoms with Crippen LogP contribution in [0.4, 0.5) is 8.78 Å². The van der Waals surface area contributed by atoms with Crippen molar-refractivity contribution in [3.63, 3.8) is 0 Å². The van der Waals surface area contributed by atoms with Crippen LogP contribution in [0.3, 0.4) is 0 Å². The summed E-state index contributed by atoms with van der Waals surface area (Å²) in [6.07, 6.45) is 3.00. The van der Waals surface area contributed by atoms with Crippen LogP contribution in [0.15, 0.2) is 36.7 Å². The zero-order valence-electron chi connectivity index (χ0n) is 8.45. The fourth-order valence-electron chi connectivity index (χ4n) is 1.59. The molecule has 1 aromatic heterocycles. The minimum Gasteiger partial charge on any atom is -0.326 e. The van der Waals surface area contributed by atoms with Crippen molar-refractivity contribution in [2.75, 3.05) is 0 Å². The number of benzene rings is 1. The second-order valence-electron chi connectivity index (χ2n) is 3.33. The molecule has 0 bridgehead atoms. The van der Waals surface area contributed by atoms with Crippen LogP contribution in [0.25, 0.3) is 11.1 Å². The summed E-state index contributed by atoms with van der Waals surface area (Å²) in [6, 6.07) is 5.33. The van der Waals surface area contributed by atoms with Gasteiger partial charge < -0.3 is 5.73 Å². The van der Waals surface area contributed by atoms with Crippen LogP contribution in [-0.4, -0.2) is 4.98 Å². The normalized spacial score (nSPS) is 10.4. The molecule has 0 saturated heterocycles. The van der Waals surface area contributed by atoms with Gasteiger partial charge in [0.05, 0.1) is 5.56 Å². The van der Waals surface area contributed by atoms with Gasteiger partial charge in [0.1, 0.15) is 11.6 Å². The Kier molecular flexibility index (Phi) is 2.92. The van der Waals surface area contributed by atoms with Gasteiger partial charge >= 0.3 is 0 Å². The van der Waals surface area contributed by atoms with Crippen molar-refractivity contribution >= 4 is 0 Å². The molecule has 2 rings (SSSR count). The van der Waals surface area contributed by atoms with E-state index < -0.39 is 11.6 Å². The van der Waals surface area contributed by atoms with Gasteiger partial charge in [-0.15, -0.1) is 0 Å². The standard InChI is InChI=1S/C12H10F2N2/c13-10-2-1-3-11(14)12(10)9-4-5-16-7-8(9)6-15/h1-5,7H,6,15H2. The number of rotatable bonds is 2. The van der Waals surface area contributed by atoms with Gasteiger partial charge in [-0.05, 0) is 29.3 Å². The van der Waals surface area contributed by atoms with Gasteiger partial charge in [0.25, 0.3) is 0 Å². The summed E-state index contributed by atoms with van der Waals surface area (Å²) in [5.41, 5.74) is 6.52. The number of hydrogen-bond donors (Lipinski definition) is 1. The van der Waals surface area contributed by atoms with Gasteiger partial charge in [0, 0.05) is 18.9 Å². The maximum absolute atomic E-state index is 13.6. The van der Waals surface area contributed by atoms with Gasteiger partial charge in [-0.1, -0.05) is 6.07 Å². The van der Waals surface area contributed by atoms with Crippen molar-refractivity contribution in [3.8, 4) is 11.1 Å². The zero-order chi connectivity index (χ0) is 11.5. The monoisotopic (exact) mass is 220 g/mol. The van der Waals surface area contributed by atoms with Gasteiger partial charge in [0.15, 0.2) is 0 Å². The predicted molar refractivity (Wildman–Crippen MR) is 57.5 cm³/mol. The molecule has 2 N–H and O–H groups in total. The predicted octanol–water partition coefficient (Wildman–Crippen LogP) is 2.49. The Morgan fingerprint density at radius 2 is 1.81 bits per heavy atom. The van der Waals surface area contributed by atoms with E-state index in [2.05, 4.69) is 4.98 Å². The molecular formula is C12H10F2N2. The van der Waals surface area contributed by atoms with E-state index in [1.165, 1.54) is 30.6 Å². The van der Waals surface area contributed by atoms with Crippen LogP contribution in [-0.2, 0) is 6.54 Å². The summed E-state index contributed by atoms with van der Waals surface area (Å²) >= 11 is 0. The first-order valence-electron chi connectivity index (χ1n) is 4.81. The van der Waals surface area contributed by atoms with Crippen molar-refractivity contribution < 1.29 is 8.78 Å². The molecule has 0 aliphatic rings. The number of nitrogens with zero attached hydrogens (tertiary/aromatic N) is 1. The van der Waals surface area contributed by atoms with Crippen LogP contribution >= 0.6 is 0 Å². The van der Waals surface area contributed by atoms with Crippen LogP contribution in [0.5, 0.6) is 0 Å². The molecule has 0 aliphatic carbocycles. The largest absolute Gasteiger partial charge is 0.326 e. The van der Waals surface area contributed by atoms with Crippen molar-refractivity contribution in [2.45, 2.75) is 6.54 Å². The van der Waals surface area contributed by atoms with Crippen LogP contribution in [0, 0.1) is 11.6 Å². The molecule has 4 heteroatoms. The Labute approximate surface area is 91.7 Å². The first kappa shape index (κ1) is 10.7. The lowest BCUT2D eigenvalue weighted by Gasteiger charge is -2.08. The highest BCUT2D eigenvalue weighted by Crippen LogP contribution is 2.28. The zero-order valence-corrected chi connectivity index (χ0v) is 8.45. The Hall–Kier alpha value is -1.81. The molecule has 0 atom stereocenters. The van der Waals surface area contributed by atoms with E-state index in [9.17, 15) is 8.78 Å². The van der Waals surface area contributed by atoms with E-state index in [0.29, 0.717) is 11.1 Å². The van der Waals surface area contributed by atoms with Crippen molar-refractivity contribution in [1.82, 2.24) is 4.98 Å². The Balaban J connectivity index is 2.67. The highest BCUT2D eigenvalue weighted by molar-refractivity contribution is 5.67. The summed E-state index contributed by atoms with van der Waals surface area (Å²) in [4.78, 5) is 3.88. The maximum Gasteiger partial charge on any atom is 0.133 e. The molecule has 2 aromatic rings. The van der Waals surface area contributed by atoms with Crippen molar-refractivity contribution in [1.29, 1.82) is 0 Å². The molecule has 0 radical (unpaired) electrons. The van der Waals surface area contributed by atoms with E-state index in [0.717, 1.165) is 0 Å². The summed E-state index contributed by atoms with van der Waals surface area (Å²) in [6.45, 7) is 0.191. The second kappa shape index (κ2) is 4.37. The van der Waals surface area contributed by atoms with Crippen LogP contribution in [0.1, 0.15) is 5.56 Å². The van der Waals surface area contributed by atoms with Gasteiger partial charge in [0.2, 0.25) is 0 Å². The highest BCUT2D eigenvalue weighted by atomic mass is 19.1. The van der Waals surface area contributed by atoms with Gasteiger partial charge in [-0.25, -0.2) is 8.78 Å². The summed E-state index contributed by atoms with van der Waals surface area (Å²) in [5, 5.41) is 0. The molecule has 0 unspecified atom stereocenters. The summed E-state index contributed by atoms with van der Waals surface area (Å²) < 4.78 is 27.1. The molecule has 82 valence electrons. The first-order chi connectivity index (χ1) is 7.74. The van der Waals surface area contributed by atoms with E-state index >= 15 is 0 Å². The molecule has 0 fully saturated rings. The Morgan fingerprint density at radius 3 is 2.44 bits per heavy atom. The third kappa shape index (κ3) is 1.79. The molecule has 2 nitrogen and oxygen atoms in total. The van der Waals surface area contributed by atoms with Gasteiger partial charge in [-0.2, -0.15) is 0 Å². The topological polar surface area (TPSA) is 38.9 Å². The first-order valence-corrected chi connectivity index (χ1v) is 4.81. The number of hydrogen-bond acceptors (Lipinski definition) is 2.